The molecule has 278 valence electrons. The van der Waals surface area contributed by atoms with Crippen LogP contribution < -0.4 is 34.8 Å². The van der Waals surface area contributed by atoms with Crippen molar-refractivity contribution in [2.75, 3.05) is 86.5 Å². The fourth-order valence-corrected chi connectivity index (χ4v) is 6.86. The average molecular weight is 762 g/mol. The predicted molar refractivity (Wildman–Crippen MR) is 210 cm³/mol. The summed E-state index contributed by atoms with van der Waals surface area (Å²) in [7, 11) is 6.80. The molecular formula is C38H42Cl2N8O5. The maximum Gasteiger partial charge on any atom is 0.331 e. The zero-order valence-corrected chi connectivity index (χ0v) is 31.7. The molecule has 0 spiro atoms. The summed E-state index contributed by atoms with van der Waals surface area (Å²) in [4.78, 5) is 44.3. The lowest BCUT2D eigenvalue weighted by Gasteiger charge is -2.40. The number of likely N-dealkylation sites (N-methyl/N-ethyl adjacent to an activating group) is 1. The summed E-state index contributed by atoms with van der Waals surface area (Å²) >= 11 is 13.7. The third kappa shape index (κ3) is 8.44. The van der Waals surface area contributed by atoms with Gasteiger partial charge >= 0.3 is 6.03 Å². The topological polar surface area (TPSA) is 125 Å². The number of methoxy groups -OCH3 is 2. The smallest absolute Gasteiger partial charge is 0.331 e. The molecule has 3 amide bonds. The number of nitrogens with zero attached hydrogens (tertiary/aromatic N) is 6. The van der Waals surface area contributed by atoms with Crippen molar-refractivity contribution in [2.24, 2.45) is 0 Å². The molecule has 0 bridgehead atoms. The zero-order chi connectivity index (χ0) is 37.6. The summed E-state index contributed by atoms with van der Waals surface area (Å²) in [6, 6.07) is 15.9. The van der Waals surface area contributed by atoms with Gasteiger partial charge in [0.05, 0.1) is 45.7 Å². The van der Waals surface area contributed by atoms with Crippen LogP contribution in [-0.4, -0.2) is 88.0 Å². The first-order valence-electron chi connectivity index (χ1n) is 17.1. The predicted octanol–water partition coefficient (Wildman–Crippen LogP) is 7.14. The lowest BCUT2D eigenvalue weighted by atomic mass is 10.0. The number of carbonyl (C=O) groups excluding carboxylic acids is 2. The van der Waals surface area contributed by atoms with Crippen LogP contribution in [0.1, 0.15) is 24.1 Å². The van der Waals surface area contributed by atoms with E-state index in [9.17, 15) is 9.59 Å². The SMILES string of the molecule is COc1cc(OC)c(Cl)c(N2Cc3cnc(Nc4ccc(N5CCOCC5)cc4)nc3N(C(C)c3cccc(NC(=O)/C=C/CN(C)C)c3)C2=O)c1Cl. The van der Waals surface area contributed by atoms with Crippen molar-refractivity contribution in [3.63, 3.8) is 0 Å². The number of fused-ring (bicyclic) bond motifs is 1. The van der Waals surface area contributed by atoms with Gasteiger partial charge in [0.1, 0.15) is 27.4 Å². The maximum atomic E-state index is 14.8. The highest BCUT2D eigenvalue weighted by molar-refractivity contribution is 6.42. The van der Waals surface area contributed by atoms with E-state index in [1.807, 2.05) is 68.4 Å². The number of nitrogens with one attached hydrogen (secondary N) is 2. The van der Waals surface area contributed by atoms with Gasteiger partial charge in [-0.2, -0.15) is 4.98 Å². The van der Waals surface area contributed by atoms with Crippen LogP contribution >= 0.6 is 23.2 Å². The zero-order valence-electron chi connectivity index (χ0n) is 30.2. The number of halogens is 2. The highest BCUT2D eigenvalue weighted by atomic mass is 35.5. The molecule has 2 aliphatic heterocycles. The van der Waals surface area contributed by atoms with Crippen molar-refractivity contribution in [3.8, 4) is 11.5 Å². The second-order valence-electron chi connectivity index (χ2n) is 12.8. The van der Waals surface area contributed by atoms with Crippen LogP contribution in [0.5, 0.6) is 11.5 Å². The van der Waals surface area contributed by atoms with Gasteiger partial charge in [0, 0.05) is 60.6 Å². The standard InChI is InChI=1S/C38H42Cl2N8O5/c1-24(25-8-6-9-28(20-25)42-32(49)10-7-15-45(2)3)48-36-26(23-47(38(48)50)35-33(39)30(51-4)21-31(52-5)34(35)40)22-41-37(44-36)43-27-11-13-29(14-12-27)46-16-18-53-19-17-46/h6-14,20-22,24H,15-19,23H2,1-5H3,(H,42,49)(H,41,43,44)/b10-7+. The van der Waals surface area contributed by atoms with Crippen LogP contribution in [-0.2, 0) is 16.1 Å². The Balaban J connectivity index is 1.36. The number of anilines is 6. The van der Waals surface area contributed by atoms with E-state index in [1.165, 1.54) is 25.2 Å². The second-order valence-corrected chi connectivity index (χ2v) is 13.5. The third-order valence-electron chi connectivity index (χ3n) is 8.92. The van der Waals surface area contributed by atoms with Crippen LogP contribution in [0.3, 0.4) is 0 Å². The highest BCUT2D eigenvalue weighted by Gasteiger charge is 2.39. The molecule has 1 saturated heterocycles. The molecule has 15 heteroatoms. The first kappa shape index (κ1) is 37.7. The largest absolute Gasteiger partial charge is 0.495 e. The molecule has 3 heterocycles. The Bertz CT molecular complexity index is 1960. The number of ether oxygens (including phenoxy) is 3. The number of rotatable bonds is 12. The fourth-order valence-electron chi connectivity index (χ4n) is 6.16. The Morgan fingerprint density at radius 3 is 2.38 bits per heavy atom. The number of amides is 3. The summed E-state index contributed by atoms with van der Waals surface area (Å²) in [5, 5.41) is 6.50. The van der Waals surface area contributed by atoms with E-state index in [4.69, 9.17) is 42.4 Å². The molecule has 1 aromatic heterocycles. The minimum atomic E-state index is -0.578. The fraction of sp³-hybridized carbons (Fsp3) is 0.316. The number of aromatic nitrogens is 2. The number of hydrogen-bond acceptors (Lipinski definition) is 10. The molecule has 0 radical (unpaired) electrons. The molecule has 53 heavy (non-hydrogen) atoms. The Hall–Kier alpha value is -5.08. The Labute approximate surface area is 319 Å². The molecule has 13 nitrogen and oxygen atoms in total. The first-order chi connectivity index (χ1) is 25.6. The van der Waals surface area contributed by atoms with Crippen LogP contribution in [0.25, 0.3) is 0 Å². The molecule has 4 aromatic rings. The van der Waals surface area contributed by atoms with Crippen molar-refractivity contribution in [1.29, 1.82) is 0 Å². The van der Waals surface area contributed by atoms with Crippen LogP contribution in [0.15, 0.2) is 72.9 Å². The van der Waals surface area contributed by atoms with E-state index in [0.717, 1.165) is 30.0 Å². The summed E-state index contributed by atoms with van der Waals surface area (Å²) in [6.45, 7) is 5.65. The van der Waals surface area contributed by atoms with Gasteiger partial charge in [-0.1, -0.05) is 41.4 Å². The quantitative estimate of drug-likeness (QED) is 0.144. The lowest BCUT2D eigenvalue weighted by molar-refractivity contribution is -0.111. The van der Waals surface area contributed by atoms with Crippen molar-refractivity contribution in [2.45, 2.75) is 19.5 Å². The van der Waals surface area contributed by atoms with Gasteiger partial charge in [-0.05, 0) is 63.0 Å². The Morgan fingerprint density at radius 2 is 1.72 bits per heavy atom. The van der Waals surface area contributed by atoms with Crippen molar-refractivity contribution in [3.05, 3.63) is 94.1 Å². The van der Waals surface area contributed by atoms with E-state index in [2.05, 4.69) is 20.5 Å². The van der Waals surface area contributed by atoms with Gasteiger partial charge in [0.2, 0.25) is 11.9 Å². The van der Waals surface area contributed by atoms with E-state index >= 15 is 0 Å². The number of carbonyl (C=O) groups is 2. The van der Waals surface area contributed by atoms with Crippen molar-refractivity contribution in [1.82, 2.24) is 14.9 Å². The van der Waals surface area contributed by atoms with E-state index in [-0.39, 0.29) is 28.2 Å². The van der Waals surface area contributed by atoms with Crippen molar-refractivity contribution >= 4 is 69.7 Å². The molecule has 2 N–H and O–H groups in total. The molecule has 6 rings (SSSR count). The second kappa shape index (κ2) is 16.7. The van der Waals surface area contributed by atoms with Crippen LogP contribution in [0, 0.1) is 0 Å². The maximum absolute atomic E-state index is 14.8. The first-order valence-corrected chi connectivity index (χ1v) is 17.8. The average Bonchev–Trinajstić information content (AvgIpc) is 3.15. The molecule has 1 unspecified atom stereocenters. The van der Waals surface area contributed by atoms with E-state index < -0.39 is 12.1 Å². The van der Waals surface area contributed by atoms with Gasteiger partial charge in [-0.25, -0.2) is 9.78 Å². The molecule has 0 saturated carbocycles. The number of benzene rings is 3. The summed E-state index contributed by atoms with van der Waals surface area (Å²) < 4.78 is 16.5. The molecule has 2 aliphatic rings. The van der Waals surface area contributed by atoms with Crippen molar-refractivity contribution < 1.29 is 23.8 Å². The molecule has 1 atom stereocenters. The van der Waals surface area contributed by atoms with Gasteiger partial charge in [-0.3, -0.25) is 14.6 Å². The summed E-state index contributed by atoms with van der Waals surface area (Å²) in [6.07, 6.45) is 4.96. The number of morpholine rings is 1. The van der Waals surface area contributed by atoms with E-state index in [1.54, 1.807) is 29.3 Å². The summed E-state index contributed by atoms with van der Waals surface area (Å²) in [5.74, 6) is 1.04. The van der Waals surface area contributed by atoms with Gasteiger partial charge in [0.25, 0.3) is 0 Å². The summed E-state index contributed by atoms with van der Waals surface area (Å²) in [5.41, 5.74) is 4.08. The monoisotopic (exact) mass is 760 g/mol. The minimum Gasteiger partial charge on any atom is -0.495 e. The highest BCUT2D eigenvalue weighted by Crippen LogP contribution is 2.48. The Kier molecular flexibility index (Phi) is 11.9. The van der Waals surface area contributed by atoms with Gasteiger partial charge in [0.15, 0.2) is 0 Å². The van der Waals surface area contributed by atoms with Gasteiger partial charge < -0.3 is 34.6 Å². The normalized spacial score (nSPS) is 15.1. The Morgan fingerprint density at radius 1 is 1.02 bits per heavy atom. The molecular weight excluding hydrogens is 719 g/mol. The number of urea groups is 1. The lowest BCUT2D eigenvalue weighted by Crippen LogP contribution is -2.49. The van der Waals surface area contributed by atoms with E-state index in [0.29, 0.717) is 54.3 Å². The van der Waals surface area contributed by atoms with Crippen LogP contribution in [0.2, 0.25) is 10.0 Å². The number of hydrogen-bond donors (Lipinski definition) is 2. The molecule has 0 aliphatic carbocycles. The molecule has 1 fully saturated rings. The molecule has 3 aromatic carbocycles. The van der Waals surface area contributed by atoms with Crippen LogP contribution in [0.4, 0.5) is 39.3 Å². The minimum absolute atomic E-state index is 0.0665. The van der Waals surface area contributed by atoms with Gasteiger partial charge in [-0.15, -0.1) is 0 Å². The third-order valence-corrected chi connectivity index (χ3v) is 9.65.